The largest absolute Gasteiger partial charge is 0.361 e. The van der Waals surface area contributed by atoms with Crippen molar-refractivity contribution in [3.63, 3.8) is 0 Å². The zero-order chi connectivity index (χ0) is 16.1. The fourth-order valence-electron chi connectivity index (χ4n) is 2.15. The smallest absolute Gasteiger partial charge is 0.319 e. The van der Waals surface area contributed by atoms with Crippen LogP contribution in [0.4, 0.5) is 10.5 Å². The number of rotatable bonds is 5. The Labute approximate surface area is 134 Å². The van der Waals surface area contributed by atoms with Crippen LogP contribution in [0, 0.1) is 20.8 Å². The fraction of sp³-hybridized carbons (Fsp3) is 0.400. The Kier molecular flexibility index (Phi) is 5.38. The molecule has 2 N–H and O–H groups in total. The normalized spacial score (nSPS) is 10.5. The second kappa shape index (κ2) is 7.26. The number of amides is 2. The minimum absolute atomic E-state index is 0.258. The monoisotopic (exact) mass is 322 g/mol. The highest BCUT2D eigenvalue weighted by molar-refractivity contribution is 6.29. The highest BCUT2D eigenvalue weighted by Gasteiger charge is 2.09. The Morgan fingerprint density at radius 1 is 1.27 bits per heavy atom. The number of aromatic nitrogens is 2. The number of nitrogens with zero attached hydrogens (tertiary/aromatic N) is 2. The number of urea groups is 1. The molecule has 0 saturated carbocycles. The third-order valence-corrected chi connectivity index (χ3v) is 3.58. The Hall–Kier alpha value is -2.08. The SMILES string of the molecule is Cc1nc(Cl)ccc1NC(=O)NCCCc1c(C)noc1C. The molecule has 118 valence electrons. The summed E-state index contributed by atoms with van der Waals surface area (Å²) in [6, 6.07) is 3.11. The van der Waals surface area contributed by atoms with Gasteiger partial charge in [-0.15, -0.1) is 0 Å². The van der Waals surface area contributed by atoms with Gasteiger partial charge < -0.3 is 15.2 Å². The number of nitrogens with one attached hydrogen (secondary N) is 2. The molecule has 2 rings (SSSR count). The number of carbonyl (C=O) groups excluding carboxylic acids is 1. The maximum atomic E-state index is 11.8. The van der Waals surface area contributed by atoms with Gasteiger partial charge in [0.15, 0.2) is 0 Å². The van der Waals surface area contributed by atoms with Crippen LogP contribution < -0.4 is 10.6 Å². The number of hydrogen-bond acceptors (Lipinski definition) is 4. The second-order valence-electron chi connectivity index (χ2n) is 5.05. The van der Waals surface area contributed by atoms with Gasteiger partial charge in [0.1, 0.15) is 10.9 Å². The lowest BCUT2D eigenvalue weighted by molar-refractivity contribution is 0.252. The van der Waals surface area contributed by atoms with Crippen molar-refractivity contribution in [2.24, 2.45) is 0 Å². The number of hydrogen-bond donors (Lipinski definition) is 2. The minimum atomic E-state index is -0.258. The maximum Gasteiger partial charge on any atom is 0.319 e. The van der Waals surface area contributed by atoms with Crippen molar-refractivity contribution in [1.29, 1.82) is 0 Å². The molecule has 0 fully saturated rings. The van der Waals surface area contributed by atoms with Crippen LogP contribution in [0.5, 0.6) is 0 Å². The summed E-state index contributed by atoms with van der Waals surface area (Å²) in [5.41, 5.74) is 3.34. The van der Waals surface area contributed by atoms with E-state index in [4.69, 9.17) is 16.1 Å². The zero-order valence-electron chi connectivity index (χ0n) is 12.9. The summed E-state index contributed by atoms with van der Waals surface area (Å²) < 4.78 is 5.11. The van der Waals surface area contributed by atoms with Crippen molar-refractivity contribution in [3.8, 4) is 0 Å². The van der Waals surface area contributed by atoms with Crippen molar-refractivity contribution >= 4 is 23.3 Å². The predicted octanol–water partition coefficient (Wildman–Crippen LogP) is 3.40. The number of pyridine rings is 1. The molecule has 22 heavy (non-hydrogen) atoms. The van der Waals surface area contributed by atoms with Crippen LogP contribution in [0.2, 0.25) is 5.15 Å². The molecule has 2 amide bonds. The number of halogens is 1. The van der Waals surface area contributed by atoms with Crippen LogP contribution in [0.1, 0.15) is 29.1 Å². The predicted molar refractivity (Wildman–Crippen MR) is 85.3 cm³/mol. The van der Waals surface area contributed by atoms with Crippen molar-refractivity contribution in [3.05, 3.63) is 40.0 Å². The Balaban J connectivity index is 1.76. The summed E-state index contributed by atoms with van der Waals surface area (Å²) in [5, 5.41) is 9.88. The first-order chi connectivity index (χ1) is 10.5. The molecule has 0 atom stereocenters. The second-order valence-corrected chi connectivity index (χ2v) is 5.44. The standard InChI is InChI=1S/C15H19ClN4O2/c1-9-12(11(3)22-20-9)5-4-8-17-15(21)19-13-6-7-14(16)18-10(13)2/h6-7H,4-5,8H2,1-3H3,(H2,17,19,21). The molecule has 2 aromatic rings. The van der Waals surface area contributed by atoms with Crippen LogP contribution in [-0.2, 0) is 6.42 Å². The Morgan fingerprint density at radius 2 is 2.05 bits per heavy atom. The average Bonchev–Trinajstić information content (AvgIpc) is 2.78. The van der Waals surface area contributed by atoms with Crippen LogP contribution in [-0.4, -0.2) is 22.7 Å². The fourth-order valence-corrected chi connectivity index (χ4v) is 2.34. The van der Waals surface area contributed by atoms with Crippen LogP contribution in [0.15, 0.2) is 16.7 Å². The maximum absolute atomic E-state index is 11.8. The molecular formula is C15H19ClN4O2. The lowest BCUT2D eigenvalue weighted by Gasteiger charge is -2.09. The molecular weight excluding hydrogens is 304 g/mol. The summed E-state index contributed by atoms with van der Waals surface area (Å²) in [4.78, 5) is 15.9. The van der Waals surface area contributed by atoms with Crippen LogP contribution in [0.3, 0.4) is 0 Å². The molecule has 0 unspecified atom stereocenters. The number of anilines is 1. The van der Waals surface area contributed by atoms with Crippen molar-refractivity contribution in [2.75, 3.05) is 11.9 Å². The summed E-state index contributed by atoms with van der Waals surface area (Å²) >= 11 is 5.78. The molecule has 7 heteroatoms. The summed E-state index contributed by atoms with van der Waals surface area (Å²) in [6.45, 7) is 6.17. The van der Waals surface area contributed by atoms with E-state index in [1.165, 1.54) is 0 Å². The Morgan fingerprint density at radius 3 is 2.68 bits per heavy atom. The number of carbonyl (C=O) groups is 1. The minimum Gasteiger partial charge on any atom is -0.361 e. The van der Waals surface area contributed by atoms with E-state index >= 15 is 0 Å². The number of aryl methyl sites for hydroxylation is 3. The summed E-state index contributed by atoms with van der Waals surface area (Å²) in [7, 11) is 0. The van der Waals surface area contributed by atoms with Gasteiger partial charge >= 0.3 is 6.03 Å². The first-order valence-corrected chi connectivity index (χ1v) is 7.45. The topological polar surface area (TPSA) is 80.0 Å². The molecule has 0 aromatic carbocycles. The molecule has 0 aliphatic carbocycles. The average molecular weight is 323 g/mol. The molecule has 0 aliphatic heterocycles. The highest BCUT2D eigenvalue weighted by Crippen LogP contribution is 2.16. The molecule has 0 aliphatic rings. The molecule has 0 bridgehead atoms. The van der Waals surface area contributed by atoms with E-state index in [2.05, 4.69) is 20.8 Å². The van der Waals surface area contributed by atoms with Gasteiger partial charge in [0.2, 0.25) is 0 Å². The van der Waals surface area contributed by atoms with E-state index in [-0.39, 0.29) is 6.03 Å². The lowest BCUT2D eigenvalue weighted by atomic mass is 10.1. The van der Waals surface area contributed by atoms with E-state index in [1.54, 1.807) is 19.1 Å². The quantitative estimate of drug-likeness (QED) is 0.653. The first-order valence-electron chi connectivity index (χ1n) is 7.07. The van der Waals surface area contributed by atoms with Gasteiger partial charge in [-0.1, -0.05) is 16.8 Å². The Bertz CT molecular complexity index is 650. The molecule has 0 saturated heterocycles. The van der Waals surface area contributed by atoms with Crippen molar-refractivity contribution in [2.45, 2.75) is 33.6 Å². The summed E-state index contributed by atoms with van der Waals surface area (Å²) in [6.07, 6.45) is 1.64. The zero-order valence-corrected chi connectivity index (χ0v) is 13.6. The third kappa shape index (κ3) is 4.21. The first kappa shape index (κ1) is 16.3. The molecule has 6 nitrogen and oxygen atoms in total. The van der Waals surface area contributed by atoms with E-state index in [9.17, 15) is 4.79 Å². The van der Waals surface area contributed by atoms with Gasteiger partial charge in [0, 0.05) is 12.1 Å². The van der Waals surface area contributed by atoms with E-state index in [0.717, 1.165) is 29.9 Å². The van der Waals surface area contributed by atoms with Crippen LogP contribution >= 0.6 is 11.6 Å². The van der Waals surface area contributed by atoms with Crippen molar-refractivity contribution < 1.29 is 9.32 Å². The van der Waals surface area contributed by atoms with E-state index in [1.807, 2.05) is 13.8 Å². The molecule has 2 heterocycles. The van der Waals surface area contributed by atoms with Gasteiger partial charge in [0.25, 0.3) is 0 Å². The molecule has 0 radical (unpaired) electrons. The van der Waals surface area contributed by atoms with Crippen molar-refractivity contribution in [1.82, 2.24) is 15.5 Å². The summed E-state index contributed by atoms with van der Waals surface area (Å²) in [5.74, 6) is 0.838. The highest BCUT2D eigenvalue weighted by atomic mass is 35.5. The van der Waals surface area contributed by atoms with Gasteiger partial charge in [-0.25, -0.2) is 9.78 Å². The van der Waals surface area contributed by atoms with Gasteiger partial charge in [0.05, 0.1) is 17.1 Å². The lowest BCUT2D eigenvalue weighted by Crippen LogP contribution is -2.30. The third-order valence-electron chi connectivity index (χ3n) is 3.37. The van der Waals surface area contributed by atoms with E-state index < -0.39 is 0 Å². The van der Waals surface area contributed by atoms with E-state index in [0.29, 0.717) is 23.1 Å². The van der Waals surface area contributed by atoms with Gasteiger partial charge in [-0.05, 0) is 45.7 Å². The van der Waals surface area contributed by atoms with Gasteiger partial charge in [-0.2, -0.15) is 0 Å². The van der Waals surface area contributed by atoms with Crippen LogP contribution in [0.25, 0.3) is 0 Å². The molecule has 2 aromatic heterocycles. The molecule has 0 spiro atoms. The van der Waals surface area contributed by atoms with Gasteiger partial charge in [-0.3, -0.25) is 0 Å².